The van der Waals surface area contributed by atoms with Crippen LogP contribution in [0.4, 0.5) is 0 Å². The quantitative estimate of drug-likeness (QED) is 0.535. The second-order valence-electron chi connectivity index (χ2n) is 9.39. The maximum atomic E-state index is 11.7. The molecule has 168 valence electrons. The molecule has 1 aromatic heterocycles. The maximum Gasteiger partial charge on any atom is 0.119 e. The molecule has 3 aromatic rings. The number of hydrogen-bond acceptors (Lipinski definition) is 4. The summed E-state index contributed by atoms with van der Waals surface area (Å²) in [6.07, 6.45) is 9.77. The van der Waals surface area contributed by atoms with Crippen LogP contribution in [0.2, 0.25) is 0 Å². The average molecular weight is 432 g/mol. The van der Waals surface area contributed by atoms with E-state index in [1.54, 1.807) is 6.20 Å². The van der Waals surface area contributed by atoms with Gasteiger partial charge in [0.25, 0.3) is 0 Å². The molecule has 1 saturated heterocycles. The zero-order chi connectivity index (χ0) is 21.8. The molecule has 5 rings (SSSR count). The number of aromatic nitrogens is 2. The first-order valence-corrected chi connectivity index (χ1v) is 11.9. The van der Waals surface area contributed by atoms with Crippen molar-refractivity contribution in [2.45, 2.75) is 44.4 Å². The van der Waals surface area contributed by atoms with Crippen LogP contribution in [-0.2, 0) is 18.7 Å². The van der Waals surface area contributed by atoms with E-state index in [4.69, 9.17) is 4.74 Å². The summed E-state index contributed by atoms with van der Waals surface area (Å²) in [5.74, 6) is 1.81. The third-order valence-electron chi connectivity index (χ3n) is 7.23. The third kappa shape index (κ3) is 4.59. The first kappa shape index (κ1) is 21.2. The maximum absolute atomic E-state index is 11.7. The molecule has 1 saturated carbocycles. The summed E-state index contributed by atoms with van der Waals surface area (Å²) in [5.41, 5.74) is 1.67. The Bertz CT molecular complexity index is 991. The highest BCUT2D eigenvalue weighted by Gasteiger charge is 2.49. The number of likely N-dealkylation sites (tertiary alicyclic amines) is 1. The lowest BCUT2D eigenvalue weighted by Gasteiger charge is -2.41. The first-order valence-electron chi connectivity index (χ1n) is 11.9. The number of nitrogens with zero attached hydrogens (tertiary/aromatic N) is 3. The number of ether oxygens (including phenoxy) is 1. The van der Waals surface area contributed by atoms with Gasteiger partial charge in [0.1, 0.15) is 5.75 Å². The molecule has 0 spiro atoms. The molecular weight excluding hydrogens is 398 g/mol. The highest BCUT2D eigenvalue weighted by molar-refractivity contribution is 5.29. The highest BCUT2D eigenvalue weighted by Crippen LogP contribution is 2.48. The first-order chi connectivity index (χ1) is 15.7. The van der Waals surface area contributed by atoms with Gasteiger partial charge in [-0.3, -0.25) is 4.90 Å². The molecule has 0 amide bonds. The summed E-state index contributed by atoms with van der Waals surface area (Å²) < 4.78 is 8.08. The SMILES string of the molecule is O[C@]1(c2ccccc2)CCC[C@@H]2CN(Cc3cccc(OCCCn4ccnc4)c3)C[C@@H]21. The Balaban J connectivity index is 1.18. The van der Waals surface area contributed by atoms with E-state index in [9.17, 15) is 5.11 Å². The van der Waals surface area contributed by atoms with E-state index in [1.807, 2.05) is 36.8 Å². The van der Waals surface area contributed by atoms with E-state index in [2.05, 4.69) is 44.8 Å². The number of rotatable bonds is 8. The van der Waals surface area contributed by atoms with Crippen LogP contribution in [0.15, 0.2) is 73.3 Å². The predicted octanol–water partition coefficient (Wildman–Crippen LogP) is 4.47. The van der Waals surface area contributed by atoms with Crippen molar-refractivity contribution in [3.63, 3.8) is 0 Å². The molecule has 32 heavy (non-hydrogen) atoms. The van der Waals surface area contributed by atoms with Crippen molar-refractivity contribution in [3.05, 3.63) is 84.4 Å². The van der Waals surface area contributed by atoms with Crippen LogP contribution in [-0.4, -0.2) is 39.3 Å². The summed E-state index contributed by atoms with van der Waals surface area (Å²) in [6, 6.07) is 18.8. The lowest BCUT2D eigenvalue weighted by Crippen LogP contribution is -2.42. The summed E-state index contributed by atoms with van der Waals surface area (Å²) >= 11 is 0. The van der Waals surface area contributed by atoms with Crippen LogP contribution in [0.25, 0.3) is 0 Å². The number of aryl methyl sites for hydroxylation is 1. The van der Waals surface area contributed by atoms with Crippen molar-refractivity contribution in [1.29, 1.82) is 0 Å². The van der Waals surface area contributed by atoms with Crippen LogP contribution in [0.3, 0.4) is 0 Å². The van der Waals surface area contributed by atoms with Crippen molar-refractivity contribution in [2.24, 2.45) is 11.8 Å². The molecule has 1 aliphatic heterocycles. The summed E-state index contributed by atoms with van der Waals surface area (Å²) in [4.78, 5) is 6.59. The van der Waals surface area contributed by atoms with E-state index in [0.29, 0.717) is 18.4 Å². The van der Waals surface area contributed by atoms with Crippen molar-refractivity contribution in [2.75, 3.05) is 19.7 Å². The van der Waals surface area contributed by atoms with Gasteiger partial charge in [0.15, 0.2) is 0 Å². The van der Waals surface area contributed by atoms with Crippen molar-refractivity contribution < 1.29 is 9.84 Å². The Morgan fingerprint density at radius 3 is 2.84 bits per heavy atom. The molecule has 3 atom stereocenters. The molecule has 0 radical (unpaired) electrons. The van der Waals surface area contributed by atoms with Crippen molar-refractivity contribution in [3.8, 4) is 5.75 Å². The molecular formula is C27H33N3O2. The molecule has 0 bridgehead atoms. The minimum atomic E-state index is -0.695. The van der Waals surface area contributed by atoms with Gasteiger partial charge in [-0.15, -0.1) is 0 Å². The number of aliphatic hydroxyl groups is 1. The number of imidazole rings is 1. The third-order valence-corrected chi connectivity index (χ3v) is 7.23. The van der Waals surface area contributed by atoms with E-state index >= 15 is 0 Å². The molecule has 5 heteroatoms. The molecule has 5 nitrogen and oxygen atoms in total. The van der Waals surface area contributed by atoms with E-state index in [-0.39, 0.29) is 0 Å². The normalized spacial score (nSPS) is 25.5. The topological polar surface area (TPSA) is 50.5 Å². The average Bonchev–Trinajstić information content (AvgIpc) is 3.48. The predicted molar refractivity (Wildman–Crippen MR) is 125 cm³/mol. The Morgan fingerprint density at radius 2 is 2.00 bits per heavy atom. The molecule has 2 aliphatic rings. The number of hydrogen-bond donors (Lipinski definition) is 1. The van der Waals surface area contributed by atoms with Crippen molar-refractivity contribution >= 4 is 0 Å². The minimum Gasteiger partial charge on any atom is -0.494 e. The zero-order valence-corrected chi connectivity index (χ0v) is 18.6. The van der Waals surface area contributed by atoms with Crippen molar-refractivity contribution in [1.82, 2.24) is 14.5 Å². The van der Waals surface area contributed by atoms with Crippen LogP contribution in [0.1, 0.15) is 36.8 Å². The van der Waals surface area contributed by atoms with Crippen LogP contribution in [0, 0.1) is 11.8 Å². The van der Waals surface area contributed by atoms with Crippen LogP contribution >= 0.6 is 0 Å². The zero-order valence-electron chi connectivity index (χ0n) is 18.6. The standard InChI is InChI=1S/C27H33N3O2/c31-27(24-9-2-1-3-10-24)12-5-8-23-19-30(20-26(23)27)18-22-7-4-11-25(17-22)32-16-6-14-29-15-13-28-21-29/h1-4,7,9-11,13,15,17,21,23,26,31H,5-6,8,12,14,16,18-20H2/t23-,26+,27+/m1/s1. The molecule has 0 unspecified atom stereocenters. The second-order valence-corrected chi connectivity index (χ2v) is 9.39. The lowest BCUT2D eigenvalue weighted by atomic mass is 9.67. The van der Waals surface area contributed by atoms with E-state index < -0.39 is 5.60 Å². The Morgan fingerprint density at radius 1 is 1.09 bits per heavy atom. The fraction of sp³-hybridized carbons (Fsp3) is 0.444. The second kappa shape index (κ2) is 9.47. The summed E-state index contributed by atoms with van der Waals surface area (Å²) in [7, 11) is 0. The molecule has 2 fully saturated rings. The van der Waals surface area contributed by atoms with E-state index in [1.165, 1.54) is 12.0 Å². The van der Waals surface area contributed by atoms with Gasteiger partial charge in [0.2, 0.25) is 0 Å². The summed E-state index contributed by atoms with van der Waals surface area (Å²) in [5, 5.41) is 11.7. The lowest BCUT2D eigenvalue weighted by molar-refractivity contribution is -0.0648. The molecule has 1 N–H and O–H groups in total. The van der Waals surface area contributed by atoms with Crippen LogP contribution in [0.5, 0.6) is 5.75 Å². The van der Waals surface area contributed by atoms with Crippen LogP contribution < -0.4 is 4.74 Å². The van der Waals surface area contributed by atoms with Gasteiger partial charge in [-0.25, -0.2) is 4.98 Å². The monoisotopic (exact) mass is 431 g/mol. The van der Waals surface area contributed by atoms with Gasteiger partial charge in [0, 0.05) is 44.5 Å². The Labute approximate surface area is 190 Å². The van der Waals surface area contributed by atoms with Gasteiger partial charge in [0.05, 0.1) is 18.5 Å². The summed E-state index contributed by atoms with van der Waals surface area (Å²) in [6.45, 7) is 4.53. The fourth-order valence-corrected chi connectivity index (χ4v) is 5.68. The van der Waals surface area contributed by atoms with Gasteiger partial charge < -0.3 is 14.4 Å². The van der Waals surface area contributed by atoms with Gasteiger partial charge in [-0.1, -0.05) is 42.5 Å². The highest BCUT2D eigenvalue weighted by atomic mass is 16.5. The fourth-order valence-electron chi connectivity index (χ4n) is 5.68. The largest absolute Gasteiger partial charge is 0.494 e. The smallest absolute Gasteiger partial charge is 0.119 e. The van der Waals surface area contributed by atoms with Gasteiger partial charge >= 0.3 is 0 Å². The number of fused-ring (bicyclic) bond motifs is 1. The molecule has 2 aromatic carbocycles. The molecule has 1 aliphatic carbocycles. The Hall–Kier alpha value is -2.63. The minimum absolute atomic E-state index is 0.307. The Kier molecular flexibility index (Phi) is 6.28. The van der Waals surface area contributed by atoms with Gasteiger partial charge in [-0.2, -0.15) is 0 Å². The number of benzene rings is 2. The van der Waals surface area contributed by atoms with Gasteiger partial charge in [-0.05, 0) is 54.9 Å². The van der Waals surface area contributed by atoms with E-state index in [0.717, 1.165) is 56.8 Å². The molecule has 2 heterocycles.